The van der Waals surface area contributed by atoms with Gasteiger partial charge in [-0.3, -0.25) is 9.59 Å². The van der Waals surface area contributed by atoms with Crippen molar-refractivity contribution in [3.8, 4) is 0 Å². The Morgan fingerprint density at radius 2 is 2.00 bits per heavy atom. The molecule has 2 rings (SSSR count). The summed E-state index contributed by atoms with van der Waals surface area (Å²) in [5.41, 5.74) is 1.82. The molecule has 0 bridgehead atoms. The number of hydrogen-bond donors (Lipinski definition) is 2. The van der Waals surface area contributed by atoms with Crippen molar-refractivity contribution in [3.63, 3.8) is 0 Å². The molecule has 1 heterocycles. The van der Waals surface area contributed by atoms with Gasteiger partial charge in [0.1, 0.15) is 0 Å². The van der Waals surface area contributed by atoms with Crippen LogP contribution in [0, 0.1) is 6.92 Å². The minimum atomic E-state index is -0.312. The predicted molar refractivity (Wildman–Crippen MR) is 94.7 cm³/mol. The normalized spacial score (nSPS) is 10.4. The van der Waals surface area contributed by atoms with Gasteiger partial charge in [0, 0.05) is 19.3 Å². The molecule has 0 aliphatic heterocycles. The van der Waals surface area contributed by atoms with E-state index in [1.807, 2.05) is 31.2 Å². The maximum absolute atomic E-state index is 12.1. The summed E-state index contributed by atoms with van der Waals surface area (Å²) in [4.78, 5) is 23.7. The van der Waals surface area contributed by atoms with E-state index in [1.165, 1.54) is 11.8 Å². The summed E-state index contributed by atoms with van der Waals surface area (Å²) < 4.78 is 5.43. The van der Waals surface area contributed by atoms with Crippen molar-refractivity contribution in [1.29, 1.82) is 0 Å². The van der Waals surface area contributed by atoms with Crippen LogP contribution in [0.3, 0.4) is 0 Å². The highest BCUT2D eigenvalue weighted by molar-refractivity contribution is 8.01. The van der Waals surface area contributed by atoms with Crippen LogP contribution in [0.5, 0.6) is 0 Å². The number of rotatable bonds is 8. The van der Waals surface area contributed by atoms with Crippen molar-refractivity contribution in [2.24, 2.45) is 0 Å². The van der Waals surface area contributed by atoms with E-state index in [0.717, 1.165) is 16.9 Å². The van der Waals surface area contributed by atoms with Crippen molar-refractivity contribution in [1.82, 2.24) is 15.5 Å². The van der Waals surface area contributed by atoms with Crippen molar-refractivity contribution in [2.45, 2.75) is 11.3 Å². The second-order valence-corrected chi connectivity index (χ2v) is 7.02. The van der Waals surface area contributed by atoms with Gasteiger partial charge in [0.15, 0.2) is 4.34 Å². The number of anilines is 1. The summed E-state index contributed by atoms with van der Waals surface area (Å²) in [6.07, 6.45) is 0. The molecule has 2 aromatic rings. The zero-order chi connectivity index (χ0) is 17.4. The monoisotopic (exact) mass is 366 g/mol. The average molecular weight is 366 g/mol. The molecule has 0 unspecified atom stereocenters. The van der Waals surface area contributed by atoms with Crippen molar-refractivity contribution >= 4 is 40.6 Å². The number of methoxy groups -OCH3 is 1. The molecule has 0 spiro atoms. The zero-order valence-corrected chi connectivity index (χ0v) is 15.0. The van der Waals surface area contributed by atoms with Crippen LogP contribution in [-0.2, 0) is 9.53 Å². The molecule has 0 radical (unpaired) electrons. The lowest BCUT2D eigenvalue weighted by molar-refractivity contribution is -0.118. The fourth-order valence-electron chi connectivity index (χ4n) is 1.65. The minimum Gasteiger partial charge on any atom is -0.383 e. The first-order valence-electron chi connectivity index (χ1n) is 7.18. The Kier molecular flexibility index (Phi) is 7.16. The lowest BCUT2D eigenvalue weighted by atomic mass is 10.2. The molecule has 128 valence electrons. The molecule has 0 saturated heterocycles. The number of nitrogens with zero attached hydrogens (tertiary/aromatic N) is 2. The topological polar surface area (TPSA) is 93.2 Å². The smallest absolute Gasteiger partial charge is 0.286 e. The largest absolute Gasteiger partial charge is 0.383 e. The molecule has 0 aliphatic carbocycles. The SMILES string of the molecule is COCCNC(=O)CSc1nnc(C(=O)Nc2ccc(C)cc2)s1. The Balaban J connectivity index is 1.82. The molecule has 9 heteroatoms. The van der Waals surface area contributed by atoms with Crippen LogP contribution in [-0.4, -0.2) is 48.0 Å². The first-order chi connectivity index (χ1) is 11.6. The summed E-state index contributed by atoms with van der Waals surface area (Å²) in [5.74, 6) is -0.205. The van der Waals surface area contributed by atoms with E-state index in [9.17, 15) is 9.59 Å². The molecule has 0 fully saturated rings. The van der Waals surface area contributed by atoms with Crippen LogP contribution in [0.4, 0.5) is 5.69 Å². The number of carbonyl (C=O) groups excluding carboxylic acids is 2. The molecule has 0 atom stereocenters. The maximum atomic E-state index is 12.1. The van der Waals surface area contributed by atoms with Gasteiger partial charge in [-0.2, -0.15) is 0 Å². The van der Waals surface area contributed by atoms with Gasteiger partial charge in [0.2, 0.25) is 10.9 Å². The van der Waals surface area contributed by atoms with Crippen molar-refractivity contribution in [3.05, 3.63) is 34.8 Å². The van der Waals surface area contributed by atoms with Gasteiger partial charge >= 0.3 is 0 Å². The van der Waals surface area contributed by atoms with Crippen LogP contribution < -0.4 is 10.6 Å². The van der Waals surface area contributed by atoms with Gasteiger partial charge < -0.3 is 15.4 Å². The third-order valence-electron chi connectivity index (χ3n) is 2.87. The van der Waals surface area contributed by atoms with Crippen LogP contribution in [0.1, 0.15) is 15.4 Å². The van der Waals surface area contributed by atoms with Gasteiger partial charge in [-0.25, -0.2) is 0 Å². The van der Waals surface area contributed by atoms with Crippen LogP contribution in [0.2, 0.25) is 0 Å². The molecule has 0 saturated carbocycles. The number of ether oxygens (including phenoxy) is 1. The lowest BCUT2D eigenvalue weighted by Crippen LogP contribution is -2.28. The summed E-state index contributed by atoms with van der Waals surface area (Å²) in [6.45, 7) is 2.92. The molecule has 2 amide bonds. The number of thioether (sulfide) groups is 1. The van der Waals surface area contributed by atoms with Crippen LogP contribution >= 0.6 is 23.1 Å². The number of benzene rings is 1. The van der Waals surface area contributed by atoms with Crippen LogP contribution in [0.25, 0.3) is 0 Å². The molecular weight excluding hydrogens is 348 g/mol. The van der Waals surface area contributed by atoms with Crippen LogP contribution in [0.15, 0.2) is 28.6 Å². The third kappa shape index (κ3) is 5.91. The average Bonchev–Trinajstić information content (AvgIpc) is 3.04. The quantitative estimate of drug-likeness (QED) is 0.548. The third-order valence-corrected chi connectivity index (χ3v) is 4.92. The number of amides is 2. The summed E-state index contributed by atoms with van der Waals surface area (Å²) >= 11 is 2.40. The highest BCUT2D eigenvalue weighted by atomic mass is 32.2. The first-order valence-corrected chi connectivity index (χ1v) is 8.98. The zero-order valence-electron chi connectivity index (χ0n) is 13.4. The number of nitrogens with one attached hydrogen (secondary N) is 2. The molecule has 2 N–H and O–H groups in total. The van der Waals surface area contributed by atoms with Gasteiger partial charge in [-0.05, 0) is 19.1 Å². The maximum Gasteiger partial charge on any atom is 0.286 e. The van der Waals surface area contributed by atoms with E-state index in [1.54, 1.807) is 7.11 Å². The summed E-state index contributed by atoms with van der Waals surface area (Å²) in [6, 6.07) is 7.49. The lowest BCUT2D eigenvalue weighted by Gasteiger charge is -2.02. The summed E-state index contributed by atoms with van der Waals surface area (Å²) in [7, 11) is 1.57. The number of aryl methyl sites for hydroxylation is 1. The Labute approximate surface area is 148 Å². The van der Waals surface area contributed by atoms with Gasteiger partial charge in [-0.15, -0.1) is 10.2 Å². The van der Waals surface area contributed by atoms with E-state index in [2.05, 4.69) is 20.8 Å². The molecular formula is C15H18N4O3S2. The summed E-state index contributed by atoms with van der Waals surface area (Å²) in [5, 5.41) is 13.5. The molecule has 0 aliphatic rings. The van der Waals surface area contributed by atoms with E-state index in [4.69, 9.17) is 4.74 Å². The Hall–Kier alpha value is -1.97. The molecule has 24 heavy (non-hydrogen) atoms. The Bertz CT molecular complexity index is 688. The van der Waals surface area contributed by atoms with Gasteiger partial charge in [0.05, 0.1) is 12.4 Å². The highest BCUT2D eigenvalue weighted by Gasteiger charge is 2.14. The molecule has 1 aromatic heterocycles. The fourth-order valence-corrected chi connectivity index (χ4v) is 3.23. The Morgan fingerprint density at radius 3 is 2.71 bits per heavy atom. The number of aromatic nitrogens is 2. The second-order valence-electron chi connectivity index (χ2n) is 4.82. The molecule has 1 aromatic carbocycles. The van der Waals surface area contributed by atoms with E-state index in [0.29, 0.717) is 23.2 Å². The minimum absolute atomic E-state index is 0.113. The van der Waals surface area contributed by atoms with Gasteiger partial charge in [-0.1, -0.05) is 40.8 Å². The standard InChI is InChI=1S/C15H18N4O3S2/c1-10-3-5-11(6-4-10)17-13(21)14-18-19-15(24-14)23-9-12(20)16-7-8-22-2/h3-6H,7-9H2,1-2H3,(H,16,20)(H,17,21). The second kappa shape index (κ2) is 9.36. The Morgan fingerprint density at radius 1 is 1.25 bits per heavy atom. The van der Waals surface area contributed by atoms with Crippen molar-refractivity contribution in [2.75, 3.05) is 31.3 Å². The van der Waals surface area contributed by atoms with Crippen molar-refractivity contribution < 1.29 is 14.3 Å². The number of carbonyl (C=O) groups is 2. The molecule has 7 nitrogen and oxygen atoms in total. The predicted octanol–water partition coefficient (Wildman–Crippen LogP) is 1.95. The van der Waals surface area contributed by atoms with E-state index in [-0.39, 0.29) is 22.6 Å². The fraction of sp³-hybridized carbons (Fsp3) is 0.333. The highest BCUT2D eigenvalue weighted by Crippen LogP contribution is 2.22. The first kappa shape index (κ1) is 18.4. The van der Waals surface area contributed by atoms with E-state index >= 15 is 0 Å². The van der Waals surface area contributed by atoms with E-state index < -0.39 is 0 Å². The van der Waals surface area contributed by atoms with Gasteiger partial charge in [0.25, 0.3) is 5.91 Å². The number of hydrogen-bond acceptors (Lipinski definition) is 7.